The summed E-state index contributed by atoms with van der Waals surface area (Å²) in [6.07, 6.45) is 6.50. The van der Waals surface area contributed by atoms with Crippen LogP contribution >= 0.6 is 0 Å². The minimum atomic E-state index is -1.25. The second kappa shape index (κ2) is 14.1. The second-order valence-electron chi connectivity index (χ2n) is 7.85. The van der Waals surface area contributed by atoms with Crippen molar-refractivity contribution >= 4 is 29.7 Å². The van der Waals surface area contributed by atoms with Crippen LogP contribution in [0, 0.1) is 0 Å². The molecule has 3 atom stereocenters. The van der Waals surface area contributed by atoms with Gasteiger partial charge in [0.05, 0.1) is 25.2 Å². The molecule has 2 rings (SSSR count). The molecule has 36 heavy (non-hydrogen) atoms. The molecule has 2 aromatic heterocycles. The van der Waals surface area contributed by atoms with E-state index in [1.54, 1.807) is 0 Å². The fourth-order valence-electron chi connectivity index (χ4n) is 3.11. The average molecular weight is 506 g/mol. The van der Waals surface area contributed by atoms with Crippen LogP contribution < -0.4 is 33.2 Å². The fraction of sp³-hybridized carbons (Fsp3) is 0.450. The van der Waals surface area contributed by atoms with Crippen LogP contribution in [0.3, 0.4) is 0 Å². The summed E-state index contributed by atoms with van der Waals surface area (Å²) in [4.78, 5) is 66.2. The number of aliphatic imine (C=N–C) groups is 1. The van der Waals surface area contributed by atoms with Crippen molar-refractivity contribution in [3.05, 3.63) is 36.4 Å². The number of carbonyl (C=O) groups is 4. The number of nitrogens with one attached hydrogen (secondary N) is 5. The number of hydrogen-bond acceptors (Lipinski definition) is 8. The molecule has 0 radical (unpaired) electrons. The monoisotopic (exact) mass is 505 g/mol. The number of aromatic nitrogens is 4. The van der Waals surface area contributed by atoms with E-state index in [1.165, 1.54) is 25.0 Å². The van der Waals surface area contributed by atoms with Crippen molar-refractivity contribution in [2.45, 2.75) is 43.8 Å². The van der Waals surface area contributed by atoms with Crippen LogP contribution in [0.15, 0.2) is 30.0 Å². The van der Waals surface area contributed by atoms with Gasteiger partial charge in [-0.1, -0.05) is 0 Å². The highest BCUT2D eigenvalue weighted by molar-refractivity contribution is 5.92. The lowest BCUT2D eigenvalue weighted by molar-refractivity contribution is -0.141. The van der Waals surface area contributed by atoms with Crippen molar-refractivity contribution in [1.82, 2.24) is 35.9 Å². The van der Waals surface area contributed by atoms with E-state index in [1.807, 2.05) is 0 Å². The van der Waals surface area contributed by atoms with E-state index in [0.717, 1.165) is 0 Å². The van der Waals surface area contributed by atoms with Crippen molar-refractivity contribution in [2.75, 3.05) is 13.1 Å². The number of nitrogens with zero attached hydrogens (tertiary/aromatic N) is 3. The average Bonchev–Trinajstić information content (AvgIpc) is 3.53. The van der Waals surface area contributed by atoms with Gasteiger partial charge in [-0.15, -0.1) is 0 Å². The zero-order valence-electron chi connectivity index (χ0n) is 19.4. The number of nitrogens with two attached hydrogens (primary N) is 3. The van der Waals surface area contributed by atoms with Crippen LogP contribution in [0.2, 0.25) is 0 Å². The number of carboxylic acid groups (broad SMARTS) is 1. The summed E-state index contributed by atoms with van der Waals surface area (Å²) in [5.41, 5.74) is 17.5. The molecule has 3 amide bonds. The molecule has 3 unspecified atom stereocenters. The first-order chi connectivity index (χ1) is 17.2. The van der Waals surface area contributed by atoms with E-state index < -0.39 is 48.4 Å². The lowest BCUT2D eigenvalue weighted by atomic mass is 10.1. The van der Waals surface area contributed by atoms with Crippen molar-refractivity contribution in [1.29, 1.82) is 0 Å². The molecule has 0 aliphatic heterocycles. The molecule has 0 aliphatic carbocycles. The van der Waals surface area contributed by atoms with Crippen molar-refractivity contribution in [3.63, 3.8) is 0 Å². The lowest BCUT2D eigenvalue weighted by Gasteiger charge is -2.20. The molecule has 196 valence electrons. The Bertz CT molecular complexity index is 1020. The maximum Gasteiger partial charge on any atom is 0.326 e. The Labute approximate surface area is 205 Å². The maximum atomic E-state index is 12.8. The molecule has 0 aromatic carbocycles. The van der Waals surface area contributed by atoms with E-state index in [2.05, 4.69) is 40.9 Å². The van der Waals surface area contributed by atoms with Gasteiger partial charge in [-0.25, -0.2) is 14.8 Å². The largest absolute Gasteiger partial charge is 0.480 e. The summed E-state index contributed by atoms with van der Waals surface area (Å²) in [5.74, 6) is -3.28. The van der Waals surface area contributed by atoms with Gasteiger partial charge in [-0.05, 0) is 12.8 Å². The van der Waals surface area contributed by atoms with Gasteiger partial charge < -0.3 is 48.2 Å². The van der Waals surface area contributed by atoms with Gasteiger partial charge in [0.15, 0.2) is 5.96 Å². The first-order valence-electron chi connectivity index (χ1n) is 11.0. The predicted octanol–water partition coefficient (Wildman–Crippen LogP) is -3.53. The Morgan fingerprint density at radius 3 is 2.11 bits per heavy atom. The van der Waals surface area contributed by atoms with Crippen LogP contribution in [0.4, 0.5) is 0 Å². The van der Waals surface area contributed by atoms with E-state index in [4.69, 9.17) is 17.2 Å². The molecular weight excluding hydrogens is 474 g/mol. The molecule has 0 spiro atoms. The number of guanidine groups is 1. The number of amides is 3. The molecule has 12 N–H and O–H groups in total. The van der Waals surface area contributed by atoms with E-state index >= 15 is 0 Å². The van der Waals surface area contributed by atoms with Crippen LogP contribution in [0.1, 0.15) is 24.2 Å². The molecule has 2 heterocycles. The molecule has 2 aromatic rings. The lowest BCUT2D eigenvalue weighted by Crippen LogP contribution is -2.54. The number of hydrogen-bond donors (Lipinski definition) is 9. The Kier molecular flexibility index (Phi) is 10.8. The van der Waals surface area contributed by atoms with Crippen LogP contribution in [0.5, 0.6) is 0 Å². The topological polar surface area (TPSA) is 272 Å². The van der Waals surface area contributed by atoms with Gasteiger partial charge in [0.1, 0.15) is 12.1 Å². The quantitative estimate of drug-likeness (QED) is 0.0653. The molecule has 0 bridgehead atoms. The van der Waals surface area contributed by atoms with Crippen molar-refractivity contribution in [3.8, 4) is 0 Å². The third-order valence-electron chi connectivity index (χ3n) is 4.95. The van der Waals surface area contributed by atoms with Gasteiger partial charge in [0, 0.05) is 43.2 Å². The molecule has 0 saturated heterocycles. The van der Waals surface area contributed by atoms with E-state index in [9.17, 15) is 24.3 Å². The molecule has 0 fully saturated rings. The van der Waals surface area contributed by atoms with Crippen LogP contribution in [-0.2, 0) is 32.0 Å². The standard InChI is InChI=1S/C20H31N11O5/c21-13(2-1-3-26-20(22)23)17(33)31-14(4-11-6-24-9-28-11)18(34)27-8-16(32)30-15(19(35)36)5-12-7-25-10-29-12/h6-7,9-10,13-15H,1-5,8,21H2,(H,24,28)(H,25,29)(H,27,34)(H,30,32)(H,31,33)(H,35,36)(H4,22,23,26). The summed E-state index contributed by atoms with van der Waals surface area (Å²) < 4.78 is 0. The Morgan fingerprint density at radius 2 is 1.58 bits per heavy atom. The van der Waals surface area contributed by atoms with Crippen LogP contribution in [-0.4, -0.2) is 85.9 Å². The number of imidazole rings is 2. The predicted molar refractivity (Wildman–Crippen MR) is 127 cm³/mol. The van der Waals surface area contributed by atoms with E-state index in [0.29, 0.717) is 24.4 Å². The third-order valence-corrected chi connectivity index (χ3v) is 4.95. The zero-order valence-corrected chi connectivity index (χ0v) is 19.4. The van der Waals surface area contributed by atoms with E-state index in [-0.39, 0.29) is 25.2 Å². The summed E-state index contributed by atoms with van der Waals surface area (Å²) >= 11 is 0. The number of rotatable bonds is 15. The van der Waals surface area contributed by atoms with Crippen molar-refractivity contribution in [2.24, 2.45) is 22.2 Å². The molecule has 0 saturated carbocycles. The molecule has 16 nitrogen and oxygen atoms in total. The molecule has 0 aliphatic rings. The minimum Gasteiger partial charge on any atom is -0.480 e. The van der Waals surface area contributed by atoms with Crippen LogP contribution in [0.25, 0.3) is 0 Å². The highest BCUT2D eigenvalue weighted by atomic mass is 16.4. The minimum absolute atomic E-state index is 0.0192. The number of aliphatic carboxylic acids is 1. The smallest absolute Gasteiger partial charge is 0.326 e. The SMILES string of the molecule is NC(N)=NCCCC(N)C(=O)NC(Cc1cnc[nH]1)C(=O)NCC(=O)NC(Cc1cnc[nH]1)C(=O)O. The zero-order chi connectivity index (χ0) is 26.5. The fourth-order valence-corrected chi connectivity index (χ4v) is 3.11. The summed E-state index contributed by atoms with van der Waals surface area (Å²) in [5, 5.41) is 16.7. The van der Waals surface area contributed by atoms with Gasteiger partial charge in [0.25, 0.3) is 0 Å². The first-order valence-corrected chi connectivity index (χ1v) is 11.0. The Balaban J connectivity index is 1.92. The van der Waals surface area contributed by atoms with Gasteiger partial charge >= 0.3 is 5.97 Å². The second-order valence-corrected chi connectivity index (χ2v) is 7.85. The Morgan fingerprint density at radius 1 is 0.972 bits per heavy atom. The number of carboxylic acids is 1. The normalized spacial score (nSPS) is 13.1. The summed E-state index contributed by atoms with van der Waals surface area (Å²) in [7, 11) is 0. The number of carbonyl (C=O) groups excluding carboxylic acids is 3. The highest BCUT2D eigenvalue weighted by Crippen LogP contribution is 2.02. The highest BCUT2D eigenvalue weighted by Gasteiger charge is 2.26. The Hall–Kier alpha value is -4.47. The number of aromatic amines is 2. The summed E-state index contributed by atoms with van der Waals surface area (Å²) in [6, 6.07) is -3.22. The van der Waals surface area contributed by atoms with Gasteiger partial charge in [0.2, 0.25) is 17.7 Å². The number of H-pyrrole nitrogens is 2. The molecular formula is C20H31N11O5. The third kappa shape index (κ3) is 9.80. The molecule has 16 heteroatoms. The van der Waals surface area contributed by atoms with Crippen molar-refractivity contribution < 1.29 is 24.3 Å². The summed E-state index contributed by atoms with van der Waals surface area (Å²) in [6.45, 7) is -0.209. The maximum absolute atomic E-state index is 12.8. The van der Waals surface area contributed by atoms with Gasteiger partial charge in [-0.2, -0.15) is 0 Å². The van der Waals surface area contributed by atoms with Gasteiger partial charge in [-0.3, -0.25) is 19.4 Å². The first kappa shape index (κ1) is 27.8.